The lowest BCUT2D eigenvalue weighted by Gasteiger charge is -2.15. The Labute approximate surface area is 161 Å². The highest BCUT2D eigenvalue weighted by Gasteiger charge is 2.19. The van der Waals surface area contributed by atoms with Crippen molar-refractivity contribution in [1.29, 1.82) is 0 Å². The molecule has 0 spiro atoms. The highest BCUT2D eigenvalue weighted by Crippen LogP contribution is 2.24. The molecule has 1 aliphatic heterocycles. The Bertz CT molecular complexity index is 1230. The molecule has 0 bridgehead atoms. The molecule has 2 aromatic heterocycles. The Hall–Kier alpha value is -3.41. The van der Waals surface area contributed by atoms with Crippen LogP contribution in [0.1, 0.15) is 28.8 Å². The van der Waals surface area contributed by atoms with Crippen molar-refractivity contribution < 1.29 is 9.21 Å². The maximum Gasteiger partial charge on any atom is 0.297 e. The van der Waals surface area contributed by atoms with Gasteiger partial charge in [0.2, 0.25) is 5.58 Å². The summed E-state index contributed by atoms with van der Waals surface area (Å²) in [7, 11) is 0. The van der Waals surface area contributed by atoms with E-state index in [0.29, 0.717) is 23.2 Å². The van der Waals surface area contributed by atoms with Gasteiger partial charge in [-0.25, -0.2) is 4.98 Å². The summed E-state index contributed by atoms with van der Waals surface area (Å²) in [6, 6.07) is 14.9. The molecule has 5 rings (SSSR count). The number of nitrogens with zero attached hydrogens (tertiary/aromatic N) is 3. The monoisotopic (exact) mass is 373 g/mol. The molecule has 1 fully saturated rings. The van der Waals surface area contributed by atoms with Crippen LogP contribution < -0.4 is 5.56 Å². The van der Waals surface area contributed by atoms with Crippen LogP contribution in [0, 0.1) is 0 Å². The minimum absolute atomic E-state index is 0.0755. The number of para-hydroxylation sites is 1. The van der Waals surface area contributed by atoms with Crippen LogP contribution in [0.5, 0.6) is 0 Å². The van der Waals surface area contributed by atoms with Gasteiger partial charge in [-0.3, -0.25) is 14.2 Å². The van der Waals surface area contributed by atoms with Crippen LogP contribution in [-0.2, 0) is 6.54 Å². The van der Waals surface area contributed by atoms with E-state index in [2.05, 4.69) is 4.98 Å². The van der Waals surface area contributed by atoms with Crippen LogP contribution in [0.3, 0.4) is 0 Å². The third kappa shape index (κ3) is 2.78. The molecule has 3 heterocycles. The van der Waals surface area contributed by atoms with Gasteiger partial charge < -0.3 is 9.32 Å². The van der Waals surface area contributed by atoms with E-state index in [4.69, 9.17) is 4.42 Å². The van der Waals surface area contributed by atoms with E-state index in [1.165, 1.54) is 4.57 Å². The van der Waals surface area contributed by atoms with Crippen LogP contribution in [0.15, 0.2) is 64.1 Å². The average Bonchev–Trinajstić information content (AvgIpc) is 3.38. The van der Waals surface area contributed by atoms with Crippen molar-refractivity contribution in [1.82, 2.24) is 14.5 Å². The summed E-state index contributed by atoms with van der Waals surface area (Å²) in [6.07, 6.45) is 3.70. The van der Waals surface area contributed by atoms with Crippen molar-refractivity contribution in [2.75, 3.05) is 13.1 Å². The molecule has 1 saturated heterocycles. The molecule has 6 heteroatoms. The Morgan fingerprint density at radius 2 is 1.79 bits per heavy atom. The van der Waals surface area contributed by atoms with Gasteiger partial charge in [-0.1, -0.05) is 24.3 Å². The summed E-state index contributed by atoms with van der Waals surface area (Å²) in [5, 5.41) is 0.839. The molecule has 4 aromatic rings. The zero-order chi connectivity index (χ0) is 19.1. The van der Waals surface area contributed by atoms with Crippen LogP contribution in [0.4, 0.5) is 0 Å². The first-order valence-corrected chi connectivity index (χ1v) is 9.45. The molecule has 0 aliphatic carbocycles. The Balaban J connectivity index is 1.43. The third-order valence-corrected chi connectivity index (χ3v) is 5.30. The van der Waals surface area contributed by atoms with Crippen molar-refractivity contribution in [3.8, 4) is 0 Å². The number of fused-ring (bicyclic) bond motifs is 3. The van der Waals surface area contributed by atoms with Gasteiger partial charge in [-0.05, 0) is 42.7 Å². The van der Waals surface area contributed by atoms with Gasteiger partial charge in [0.05, 0.1) is 12.9 Å². The number of likely N-dealkylation sites (tertiary alicyclic amines) is 1. The number of hydrogen-bond acceptors (Lipinski definition) is 4. The van der Waals surface area contributed by atoms with E-state index in [1.54, 1.807) is 6.33 Å². The second-order valence-corrected chi connectivity index (χ2v) is 7.15. The molecule has 28 heavy (non-hydrogen) atoms. The van der Waals surface area contributed by atoms with Crippen LogP contribution in [0.25, 0.3) is 22.1 Å². The second kappa shape index (κ2) is 6.64. The number of carbonyl (C=O) groups is 1. The first-order chi connectivity index (χ1) is 13.7. The molecule has 6 nitrogen and oxygen atoms in total. The lowest BCUT2D eigenvalue weighted by Crippen LogP contribution is -2.27. The molecule has 0 N–H and O–H groups in total. The highest BCUT2D eigenvalue weighted by molar-refractivity contribution is 6.01. The fraction of sp³-hybridized carbons (Fsp3) is 0.227. The van der Waals surface area contributed by atoms with Gasteiger partial charge >= 0.3 is 0 Å². The summed E-state index contributed by atoms with van der Waals surface area (Å²) in [5.74, 6) is 0.0755. The first-order valence-electron chi connectivity index (χ1n) is 9.45. The fourth-order valence-corrected chi connectivity index (χ4v) is 3.78. The summed E-state index contributed by atoms with van der Waals surface area (Å²) in [4.78, 5) is 31.6. The van der Waals surface area contributed by atoms with Crippen LogP contribution in [-0.4, -0.2) is 33.4 Å². The van der Waals surface area contributed by atoms with Gasteiger partial charge in [0.1, 0.15) is 11.1 Å². The molecule has 1 aliphatic rings. The number of furan rings is 1. The van der Waals surface area contributed by atoms with Crippen LogP contribution in [0.2, 0.25) is 0 Å². The zero-order valence-electron chi connectivity index (χ0n) is 15.3. The number of hydrogen-bond donors (Lipinski definition) is 0. The van der Waals surface area contributed by atoms with Gasteiger partial charge in [-0.15, -0.1) is 0 Å². The van der Waals surface area contributed by atoms with Crippen molar-refractivity contribution in [2.24, 2.45) is 0 Å². The molecule has 0 saturated carbocycles. The predicted molar refractivity (Wildman–Crippen MR) is 106 cm³/mol. The third-order valence-electron chi connectivity index (χ3n) is 5.30. The number of aromatic nitrogens is 2. The van der Waals surface area contributed by atoms with Crippen LogP contribution >= 0.6 is 0 Å². The Morgan fingerprint density at radius 3 is 2.57 bits per heavy atom. The van der Waals surface area contributed by atoms with E-state index >= 15 is 0 Å². The van der Waals surface area contributed by atoms with Gasteiger partial charge in [-0.2, -0.15) is 0 Å². The van der Waals surface area contributed by atoms with Crippen molar-refractivity contribution in [3.63, 3.8) is 0 Å². The number of amides is 1. The molecule has 0 atom stereocenters. The summed E-state index contributed by atoms with van der Waals surface area (Å²) in [6.45, 7) is 2.04. The number of rotatable bonds is 3. The maximum atomic E-state index is 12.8. The molecule has 2 aromatic carbocycles. The van der Waals surface area contributed by atoms with E-state index in [9.17, 15) is 9.59 Å². The molecule has 1 amide bonds. The number of benzene rings is 2. The normalized spacial score (nSPS) is 14.2. The van der Waals surface area contributed by atoms with Crippen molar-refractivity contribution in [3.05, 3.63) is 76.3 Å². The topological polar surface area (TPSA) is 68.3 Å². The average molecular weight is 373 g/mol. The smallest absolute Gasteiger partial charge is 0.297 e. The standard InChI is InChI=1S/C22H19N3O3/c26-21(24-11-3-4-12-24)16-9-7-15(8-10-16)13-25-14-23-19-17-5-1-2-6-18(17)28-20(19)22(25)27/h1-2,5-10,14H,3-4,11-13H2. The number of carbonyl (C=O) groups excluding carboxylic acids is 1. The van der Waals surface area contributed by atoms with E-state index in [1.807, 2.05) is 53.4 Å². The molecule has 0 unspecified atom stereocenters. The largest absolute Gasteiger partial charge is 0.448 e. The predicted octanol–water partition coefficient (Wildman–Crippen LogP) is 3.43. The van der Waals surface area contributed by atoms with Gasteiger partial charge in [0.15, 0.2) is 0 Å². The lowest BCUT2D eigenvalue weighted by molar-refractivity contribution is 0.0793. The zero-order valence-corrected chi connectivity index (χ0v) is 15.3. The SMILES string of the molecule is O=C(c1ccc(Cn2cnc3c(oc4ccccc43)c2=O)cc1)N1CCCC1. The van der Waals surface area contributed by atoms with E-state index in [0.717, 1.165) is 36.9 Å². The fourth-order valence-electron chi connectivity index (χ4n) is 3.78. The van der Waals surface area contributed by atoms with Gasteiger partial charge in [0, 0.05) is 24.0 Å². The maximum absolute atomic E-state index is 12.8. The molecule has 140 valence electrons. The molecular formula is C22H19N3O3. The van der Waals surface area contributed by atoms with E-state index < -0.39 is 0 Å². The van der Waals surface area contributed by atoms with E-state index in [-0.39, 0.29) is 17.0 Å². The Kier molecular flexibility index (Phi) is 3.97. The second-order valence-electron chi connectivity index (χ2n) is 7.15. The highest BCUT2D eigenvalue weighted by atomic mass is 16.3. The van der Waals surface area contributed by atoms with Gasteiger partial charge in [0.25, 0.3) is 11.5 Å². The molecular weight excluding hydrogens is 354 g/mol. The minimum atomic E-state index is -0.210. The summed E-state index contributed by atoms with van der Waals surface area (Å²) >= 11 is 0. The minimum Gasteiger partial charge on any atom is -0.448 e. The lowest BCUT2D eigenvalue weighted by atomic mass is 10.1. The summed E-state index contributed by atoms with van der Waals surface area (Å²) in [5.41, 5.74) is 2.91. The first kappa shape index (κ1) is 16.7. The van der Waals surface area contributed by atoms with Crippen molar-refractivity contribution in [2.45, 2.75) is 19.4 Å². The Morgan fingerprint density at radius 1 is 1.04 bits per heavy atom. The molecule has 0 radical (unpaired) electrons. The quantitative estimate of drug-likeness (QED) is 0.552. The van der Waals surface area contributed by atoms with Crippen molar-refractivity contribution >= 4 is 28.0 Å². The summed E-state index contributed by atoms with van der Waals surface area (Å²) < 4.78 is 7.25.